The largest absolute Gasteiger partial charge is 0.347 e. The number of rotatable bonds is 5. The molecule has 0 saturated heterocycles. The normalized spacial score (nSPS) is 11.9. The molecule has 5 nitrogen and oxygen atoms in total. The number of hydrogen-bond donors (Lipinski definition) is 1. The number of aryl methyl sites for hydroxylation is 1. The summed E-state index contributed by atoms with van der Waals surface area (Å²) in [6, 6.07) is 6.97. The van der Waals surface area contributed by atoms with Crippen molar-refractivity contribution in [2.75, 3.05) is 7.05 Å². The number of nitrogens with zero attached hydrogens (tertiary/aromatic N) is 2. The lowest BCUT2D eigenvalue weighted by atomic mass is 10.2. The van der Waals surface area contributed by atoms with E-state index in [0.717, 1.165) is 12.0 Å². The zero-order valence-corrected chi connectivity index (χ0v) is 11.8. The van der Waals surface area contributed by atoms with E-state index in [1.54, 1.807) is 31.6 Å². The number of aromatic amines is 1. The predicted molar refractivity (Wildman–Crippen MR) is 73.1 cm³/mol. The van der Waals surface area contributed by atoms with Crippen molar-refractivity contribution in [1.82, 2.24) is 14.3 Å². The van der Waals surface area contributed by atoms with Crippen molar-refractivity contribution in [3.05, 3.63) is 48.0 Å². The summed E-state index contributed by atoms with van der Waals surface area (Å²) < 4.78 is 26.0. The van der Waals surface area contributed by atoms with Crippen LogP contribution in [-0.2, 0) is 23.0 Å². The average molecular weight is 279 g/mol. The first-order valence-electron chi connectivity index (χ1n) is 6.07. The fourth-order valence-corrected chi connectivity index (χ4v) is 2.89. The molecule has 0 aliphatic heterocycles. The Balaban J connectivity index is 2.20. The summed E-state index contributed by atoms with van der Waals surface area (Å²) in [4.78, 5) is 7.23. The predicted octanol–water partition coefficient (Wildman–Crippen LogP) is 1.79. The monoisotopic (exact) mass is 279 g/mol. The molecule has 1 heterocycles. The van der Waals surface area contributed by atoms with Gasteiger partial charge in [-0.1, -0.05) is 19.1 Å². The van der Waals surface area contributed by atoms with Crippen LogP contribution in [0.3, 0.4) is 0 Å². The molecule has 19 heavy (non-hydrogen) atoms. The van der Waals surface area contributed by atoms with Gasteiger partial charge in [-0.2, -0.15) is 4.31 Å². The summed E-state index contributed by atoms with van der Waals surface area (Å²) in [5.74, 6) is 0.622. The summed E-state index contributed by atoms with van der Waals surface area (Å²) in [7, 11) is -1.92. The van der Waals surface area contributed by atoms with Gasteiger partial charge in [0.2, 0.25) is 10.0 Å². The topological polar surface area (TPSA) is 66.1 Å². The molecule has 2 aromatic rings. The smallest absolute Gasteiger partial charge is 0.243 e. The molecule has 0 aliphatic carbocycles. The number of sulfonamides is 1. The standard InChI is InChI=1S/C13H17N3O2S/c1-3-11-4-6-12(7-5-11)19(17,18)16(2)10-13-14-8-9-15-13/h4-9H,3,10H2,1-2H3,(H,14,15). The van der Waals surface area contributed by atoms with Gasteiger partial charge in [0.15, 0.2) is 0 Å². The van der Waals surface area contributed by atoms with Crippen molar-refractivity contribution in [1.29, 1.82) is 0 Å². The van der Waals surface area contributed by atoms with Crippen LogP contribution >= 0.6 is 0 Å². The lowest BCUT2D eigenvalue weighted by molar-refractivity contribution is 0.458. The summed E-state index contributed by atoms with van der Waals surface area (Å²) in [6.45, 7) is 2.26. The van der Waals surface area contributed by atoms with E-state index in [4.69, 9.17) is 0 Å². The lowest BCUT2D eigenvalue weighted by Gasteiger charge is -2.16. The molecule has 0 unspecified atom stereocenters. The highest BCUT2D eigenvalue weighted by atomic mass is 32.2. The highest BCUT2D eigenvalue weighted by molar-refractivity contribution is 7.89. The fraction of sp³-hybridized carbons (Fsp3) is 0.308. The van der Waals surface area contributed by atoms with Gasteiger partial charge in [-0.25, -0.2) is 13.4 Å². The SMILES string of the molecule is CCc1ccc(S(=O)(=O)N(C)Cc2ncc[nH]2)cc1. The van der Waals surface area contributed by atoms with Gasteiger partial charge in [0.05, 0.1) is 11.4 Å². The molecule has 2 rings (SSSR count). The molecule has 6 heteroatoms. The maximum absolute atomic E-state index is 12.3. The first-order chi connectivity index (χ1) is 9.04. The molecule has 0 radical (unpaired) electrons. The van der Waals surface area contributed by atoms with Crippen molar-refractivity contribution >= 4 is 10.0 Å². The zero-order valence-electron chi connectivity index (χ0n) is 11.0. The lowest BCUT2D eigenvalue weighted by Crippen LogP contribution is -2.27. The highest BCUT2D eigenvalue weighted by Crippen LogP contribution is 2.16. The third kappa shape index (κ3) is 3.02. The minimum Gasteiger partial charge on any atom is -0.347 e. The maximum atomic E-state index is 12.3. The molecule has 0 fully saturated rings. The van der Waals surface area contributed by atoms with Crippen molar-refractivity contribution in [2.24, 2.45) is 0 Å². The van der Waals surface area contributed by atoms with Gasteiger partial charge in [-0.3, -0.25) is 0 Å². The van der Waals surface area contributed by atoms with E-state index in [2.05, 4.69) is 9.97 Å². The van der Waals surface area contributed by atoms with Crippen molar-refractivity contribution < 1.29 is 8.42 Å². The number of hydrogen-bond acceptors (Lipinski definition) is 3. The van der Waals surface area contributed by atoms with Crippen LogP contribution in [0.4, 0.5) is 0 Å². The van der Waals surface area contributed by atoms with Crippen LogP contribution in [0.15, 0.2) is 41.6 Å². The minimum absolute atomic E-state index is 0.227. The maximum Gasteiger partial charge on any atom is 0.243 e. The van der Waals surface area contributed by atoms with E-state index >= 15 is 0 Å². The van der Waals surface area contributed by atoms with Crippen LogP contribution in [-0.4, -0.2) is 29.7 Å². The van der Waals surface area contributed by atoms with E-state index in [1.807, 2.05) is 19.1 Å². The zero-order chi connectivity index (χ0) is 13.9. The van der Waals surface area contributed by atoms with Crippen LogP contribution in [0, 0.1) is 0 Å². The molecule has 0 amide bonds. The molecule has 1 N–H and O–H groups in total. The Kier molecular flexibility index (Phi) is 4.01. The molecule has 1 aromatic carbocycles. The van der Waals surface area contributed by atoms with Gasteiger partial charge in [0, 0.05) is 19.4 Å². The molecule has 102 valence electrons. The summed E-state index contributed by atoms with van der Waals surface area (Å²) in [6.07, 6.45) is 4.17. The number of H-pyrrole nitrogens is 1. The van der Waals surface area contributed by atoms with Gasteiger partial charge in [-0.05, 0) is 24.1 Å². The quantitative estimate of drug-likeness (QED) is 0.907. The van der Waals surface area contributed by atoms with E-state index < -0.39 is 10.0 Å². The number of benzene rings is 1. The Bertz CT molecular complexity index is 618. The molecule has 0 bridgehead atoms. The van der Waals surface area contributed by atoms with Gasteiger partial charge in [-0.15, -0.1) is 0 Å². The van der Waals surface area contributed by atoms with Crippen LogP contribution < -0.4 is 0 Å². The van der Waals surface area contributed by atoms with Gasteiger partial charge >= 0.3 is 0 Å². The molecule has 0 atom stereocenters. The second-order valence-corrected chi connectivity index (χ2v) is 6.34. The Labute approximate surface area is 113 Å². The first-order valence-corrected chi connectivity index (χ1v) is 7.51. The molecule has 1 aromatic heterocycles. The number of nitrogens with one attached hydrogen (secondary N) is 1. The third-order valence-corrected chi connectivity index (χ3v) is 4.78. The van der Waals surface area contributed by atoms with Crippen LogP contribution in [0.25, 0.3) is 0 Å². The van der Waals surface area contributed by atoms with Gasteiger partial charge in [0.25, 0.3) is 0 Å². The van der Waals surface area contributed by atoms with Gasteiger partial charge < -0.3 is 4.98 Å². The number of imidazole rings is 1. The van der Waals surface area contributed by atoms with E-state index in [-0.39, 0.29) is 6.54 Å². The second-order valence-electron chi connectivity index (χ2n) is 4.29. The summed E-state index contributed by atoms with van der Waals surface area (Å²) in [5.41, 5.74) is 1.12. The van der Waals surface area contributed by atoms with Crippen molar-refractivity contribution in [3.8, 4) is 0 Å². The minimum atomic E-state index is -3.47. The van der Waals surface area contributed by atoms with Gasteiger partial charge in [0.1, 0.15) is 5.82 Å². The van der Waals surface area contributed by atoms with Crippen molar-refractivity contribution in [3.63, 3.8) is 0 Å². The molecule has 0 spiro atoms. The average Bonchev–Trinajstić information content (AvgIpc) is 2.91. The first kappa shape index (κ1) is 13.8. The van der Waals surface area contributed by atoms with Crippen LogP contribution in [0.5, 0.6) is 0 Å². The fourth-order valence-electron chi connectivity index (χ4n) is 1.76. The van der Waals surface area contributed by atoms with E-state index in [0.29, 0.717) is 10.7 Å². The Morgan fingerprint density at radius 3 is 2.47 bits per heavy atom. The Hall–Kier alpha value is -1.66. The molecule has 0 aliphatic rings. The molecular formula is C13H17N3O2S. The number of aromatic nitrogens is 2. The summed E-state index contributed by atoms with van der Waals surface area (Å²) >= 11 is 0. The molecular weight excluding hydrogens is 262 g/mol. The van der Waals surface area contributed by atoms with Crippen molar-refractivity contribution in [2.45, 2.75) is 24.8 Å². The molecule has 0 saturated carbocycles. The third-order valence-electron chi connectivity index (χ3n) is 2.97. The van der Waals surface area contributed by atoms with Crippen LogP contribution in [0.1, 0.15) is 18.3 Å². The Morgan fingerprint density at radius 1 is 1.26 bits per heavy atom. The van der Waals surface area contributed by atoms with E-state index in [1.165, 1.54) is 4.31 Å². The van der Waals surface area contributed by atoms with E-state index in [9.17, 15) is 8.42 Å². The highest BCUT2D eigenvalue weighted by Gasteiger charge is 2.21. The second kappa shape index (κ2) is 5.54. The Morgan fingerprint density at radius 2 is 1.95 bits per heavy atom. The van der Waals surface area contributed by atoms with Crippen LogP contribution in [0.2, 0.25) is 0 Å². The summed E-state index contributed by atoms with van der Waals surface area (Å²) in [5, 5.41) is 0.